The van der Waals surface area contributed by atoms with Gasteiger partial charge in [0.05, 0.1) is 1.37 Å². The third kappa shape index (κ3) is 1.65. The van der Waals surface area contributed by atoms with Gasteiger partial charge in [-0.3, -0.25) is 0 Å². The van der Waals surface area contributed by atoms with E-state index < -0.39 is 25.5 Å². The molecule has 0 aliphatic carbocycles. The highest BCUT2D eigenvalue weighted by atomic mass is 15.0. The molecule has 1 atom stereocenters. The normalized spacial score (nSPS) is 51.2. The Morgan fingerprint density at radius 2 is 2.17 bits per heavy atom. The summed E-state index contributed by atoms with van der Waals surface area (Å²) >= 11 is 0. The van der Waals surface area contributed by atoms with Crippen LogP contribution in [0.3, 0.4) is 0 Å². The van der Waals surface area contributed by atoms with Crippen molar-refractivity contribution in [3.63, 3.8) is 0 Å². The molecular formula is C10H14N2. The average molecular weight is 169 g/mol. The van der Waals surface area contributed by atoms with Crippen molar-refractivity contribution < 1.29 is 9.60 Å². The predicted molar refractivity (Wildman–Crippen MR) is 50.1 cm³/mol. The summed E-state index contributed by atoms with van der Waals surface area (Å²) in [5, 5.41) is 4.11. The summed E-state index contributed by atoms with van der Waals surface area (Å²) in [4.78, 5) is 0. The van der Waals surface area contributed by atoms with Gasteiger partial charge in [0.25, 0.3) is 0 Å². The molecule has 2 heteroatoms. The molecule has 1 aromatic rings. The minimum atomic E-state index is -2.63. The van der Waals surface area contributed by atoms with Crippen molar-refractivity contribution in [3.05, 3.63) is 35.9 Å². The molecule has 64 valence electrons. The van der Waals surface area contributed by atoms with Crippen LogP contribution < -0.4 is 10.6 Å². The Labute approximate surface area is 82.8 Å². The Morgan fingerprint density at radius 1 is 1.33 bits per heavy atom. The molecule has 0 bridgehead atoms. The van der Waals surface area contributed by atoms with Crippen LogP contribution in [0.5, 0.6) is 0 Å². The molecular weight excluding hydrogens is 148 g/mol. The molecule has 2 rings (SSSR count). The van der Waals surface area contributed by atoms with Gasteiger partial charge in [0.15, 0.2) is 0 Å². The third-order valence-electron chi connectivity index (χ3n) is 1.56. The number of rotatable bonds is 1. The largest absolute Gasteiger partial charge is 0.314 e. The van der Waals surface area contributed by atoms with E-state index in [0.29, 0.717) is 0 Å². The van der Waals surface area contributed by atoms with E-state index in [4.69, 9.17) is 9.60 Å². The van der Waals surface area contributed by atoms with E-state index in [2.05, 4.69) is 5.32 Å². The standard InChI is InChI=1S/C10H14N2/c1-2-4-9(5-3-1)10-8-11-6-7-12-10/h1-5,10-12H,6-8H2/i6D2,7D2,8D2,10D. The monoisotopic (exact) mass is 169 g/mol. The van der Waals surface area contributed by atoms with E-state index in [1.165, 1.54) is 12.1 Å². The number of piperazine rings is 1. The van der Waals surface area contributed by atoms with Crippen LogP contribution in [0, 0.1) is 0 Å². The first-order valence-corrected chi connectivity index (χ1v) is 3.66. The van der Waals surface area contributed by atoms with Crippen LogP contribution in [0.25, 0.3) is 0 Å². The van der Waals surface area contributed by atoms with Gasteiger partial charge >= 0.3 is 0 Å². The van der Waals surface area contributed by atoms with E-state index in [1.807, 2.05) is 5.32 Å². The van der Waals surface area contributed by atoms with E-state index in [9.17, 15) is 0 Å². The van der Waals surface area contributed by atoms with E-state index in [0.717, 1.165) is 0 Å². The molecule has 2 N–H and O–H groups in total. The molecule has 0 amide bonds. The Hall–Kier alpha value is -0.860. The zero-order chi connectivity index (χ0) is 14.5. The zero-order valence-corrected chi connectivity index (χ0v) is 6.39. The van der Waals surface area contributed by atoms with Gasteiger partial charge in [-0.1, -0.05) is 30.3 Å². The number of nitrogens with one attached hydrogen (secondary N) is 2. The highest BCUT2D eigenvalue weighted by molar-refractivity contribution is 5.19. The van der Waals surface area contributed by atoms with Gasteiger partial charge in [-0.2, -0.15) is 0 Å². The predicted octanol–water partition coefficient (Wildman–Crippen LogP) is 0.920. The van der Waals surface area contributed by atoms with Gasteiger partial charge in [-0.15, -0.1) is 0 Å². The smallest absolute Gasteiger partial charge is 0.0530 e. The third-order valence-corrected chi connectivity index (χ3v) is 1.56. The van der Waals surface area contributed by atoms with Crippen molar-refractivity contribution in [2.75, 3.05) is 19.5 Å². The second kappa shape index (κ2) is 3.70. The molecule has 1 heterocycles. The van der Waals surface area contributed by atoms with Crippen molar-refractivity contribution in [1.82, 2.24) is 10.6 Å². The van der Waals surface area contributed by atoms with Gasteiger partial charge in [-0.25, -0.2) is 0 Å². The molecule has 1 saturated heterocycles. The fourth-order valence-corrected chi connectivity index (χ4v) is 0.999. The summed E-state index contributed by atoms with van der Waals surface area (Å²) < 4.78 is 54.3. The van der Waals surface area contributed by atoms with Crippen LogP contribution in [-0.4, -0.2) is 19.5 Å². The second-order valence-electron chi connectivity index (χ2n) is 2.37. The molecule has 0 aromatic heterocycles. The molecule has 1 aliphatic rings. The molecule has 1 unspecified atom stereocenters. The van der Waals surface area contributed by atoms with E-state index >= 15 is 0 Å². The van der Waals surface area contributed by atoms with Gasteiger partial charge in [0, 0.05) is 33.7 Å². The van der Waals surface area contributed by atoms with Crippen LogP contribution in [0.1, 0.15) is 21.2 Å². The van der Waals surface area contributed by atoms with Crippen molar-refractivity contribution >= 4 is 0 Å². The van der Waals surface area contributed by atoms with E-state index in [-0.39, 0.29) is 5.56 Å². The van der Waals surface area contributed by atoms with Crippen LogP contribution in [0.4, 0.5) is 0 Å². The first kappa shape index (κ1) is 3.13. The maximum Gasteiger partial charge on any atom is 0.0530 e. The van der Waals surface area contributed by atoms with Gasteiger partial charge < -0.3 is 10.6 Å². The summed E-state index contributed by atoms with van der Waals surface area (Å²) in [7, 11) is 0. The summed E-state index contributed by atoms with van der Waals surface area (Å²) in [6.07, 6.45) is 0. The van der Waals surface area contributed by atoms with Crippen molar-refractivity contribution in [2.24, 2.45) is 0 Å². The first-order chi connectivity index (χ1) is 8.52. The fourth-order valence-electron chi connectivity index (χ4n) is 0.999. The van der Waals surface area contributed by atoms with Crippen molar-refractivity contribution in [2.45, 2.75) is 6.02 Å². The summed E-state index contributed by atoms with van der Waals surface area (Å²) in [6, 6.07) is 5.79. The Morgan fingerprint density at radius 3 is 3.00 bits per heavy atom. The molecule has 1 aliphatic heterocycles. The first-order valence-electron chi connectivity index (χ1n) is 7.16. The number of hydrogen-bond acceptors (Lipinski definition) is 2. The SMILES string of the molecule is [2H]C1([2H])NC([2H])([2H])C([2H])(c2ccccc2)NC1([2H])[2H]. The Balaban J connectivity index is 2.52. The van der Waals surface area contributed by atoms with Gasteiger partial charge in [-0.05, 0) is 5.56 Å². The number of hydrogen-bond donors (Lipinski definition) is 2. The highest BCUT2D eigenvalue weighted by Crippen LogP contribution is 2.12. The molecule has 1 fully saturated rings. The maximum absolute atomic E-state index is 8.24. The quantitative estimate of drug-likeness (QED) is 0.653. The molecule has 12 heavy (non-hydrogen) atoms. The maximum atomic E-state index is 8.24. The van der Waals surface area contributed by atoms with E-state index in [1.54, 1.807) is 18.2 Å². The molecule has 0 radical (unpaired) electrons. The lowest BCUT2D eigenvalue weighted by molar-refractivity contribution is 0.430. The van der Waals surface area contributed by atoms with Crippen molar-refractivity contribution in [1.29, 1.82) is 0 Å². The molecule has 1 aromatic carbocycles. The average Bonchev–Trinajstić information content (AvgIpc) is 2.26. The number of benzene rings is 1. The molecule has 0 saturated carbocycles. The van der Waals surface area contributed by atoms with Crippen LogP contribution >= 0.6 is 0 Å². The minimum Gasteiger partial charge on any atom is -0.314 e. The summed E-state index contributed by atoms with van der Waals surface area (Å²) in [5.74, 6) is 0. The fraction of sp³-hybridized carbons (Fsp3) is 0.400. The highest BCUT2D eigenvalue weighted by Gasteiger charge is 2.12. The molecule has 0 spiro atoms. The zero-order valence-electron chi connectivity index (χ0n) is 13.4. The lowest BCUT2D eigenvalue weighted by Crippen LogP contribution is -2.42. The van der Waals surface area contributed by atoms with Gasteiger partial charge in [0.2, 0.25) is 0 Å². The second-order valence-corrected chi connectivity index (χ2v) is 2.37. The summed E-state index contributed by atoms with van der Waals surface area (Å²) in [6.45, 7) is -7.70. The van der Waals surface area contributed by atoms with Crippen LogP contribution in [0.2, 0.25) is 0 Å². The van der Waals surface area contributed by atoms with Crippen LogP contribution in [0.15, 0.2) is 30.3 Å². The minimum absolute atomic E-state index is 0.215. The molecule has 2 nitrogen and oxygen atoms in total. The Bertz CT molecular complexity index is 476. The topological polar surface area (TPSA) is 24.1 Å². The van der Waals surface area contributed by atoms with Gasteiger partial charge in [0.1, 0.15) is 0 Å². The lowest BCUT2D eigenvalue weighted by atomic mass is 10.1. The Kier molecular flexibility index (Phi) is 0.963. The van der Waals surface area contributed by atoms with Crippen LogP contribution in [-0.2, 0) is 0 Å². The summed E-state index contributed by atoms with van der Waals surface area (Å²) in [5.41, 5.74) is 0.215. The lowest BCUT2D eigenvalue weighted by Gasteiger charge is -2.24. The van der Waals surface area contributed by atoms with Crippen molar-refractivity contribution in [3.8, 4) is 0 Å².